The van der Waals surface area contributed by atoms with Crippen LogP contribution < -0.4 is 10.6 Å². The molecule has 2 N–H and O–H groups in total. The van der Waals surface area contributed by atoms with Crippen molar-refractivity contribution in [2.75, 3.05) is 5.32 Å². The second-order valence-electron chi connectivity index (χ2n) is 3.24. The zero-order valence-corrected chi connectivity index (χ0v) is 11.1. The maximum absolute atomic E-state index is 11.6. The predicted molar refractivity (Wildman–Crippen MR) is 71.7 cm³/mol. The molecule has 94 valence electrons. The largest absolute Gasteiger partial charge is 0.459 e. The van der Waals surface area contributed by atoms with E-state index >= 15 is 0 Å². The molecule has 0 radical (unpaired) electrons. The highest BCUT2D eigenvalue weighted by atomic mass is 32.1. The van der Waals surface area contributed by atoms with Gasteiger partial charge in [0.2, 0.25) is 5.13 Å². The van der Waals surface area contributed by atoms with E-state index in [-0.39, 0.29) is 10.9 Å². The van der Waals surface area contributed by atoms with Crippen molar-refractivity contribution in [3.05, 3.63) is 29.2 Å². The van der Waals surface area contributed by atoms with Gasteiger partial charge in [0.25, 0.3) is 5.91 Å². The van der Waals surface area contributed by atoms with Gasteiger partial charge in [0.15, 0.2) is 10.9 Å². The molecule has 0 aliphatic rings. The molecular formula is C10H10N4O2S2. The quantitative estimate of drug-likeness (QED) is 0.836. The Balaban J connectivity index is 1.91. The number of anilines is 1. The van der Waals surface area contributed by atoms with Gasteiger partial charge < -0.3 is 9.73 Å². The lowest BCUT2D eigenvalue weighted by molar-refractivity contribution is 0.0950. The molecule has 0 saturated carbocycles. The van der Waals surface area contributed by atoms with Gasteiger partial charge in [-0.2, -0.15) is 0 Å². The normalized spacial score (nSPS) is 10.1. The van der Waals surface area contributed by atoms with Gasteiger partial charge in [-0.25, -0.2) is 0 Å². The summed E-state index contributed by atoms with van der Waals surface area (Å²) in [6.07, 6.45) is 2.23. The fourth-order valence-corrected chi connectivity index (χ4v) is 2.09. The lowest BCUT2D eigenvalue weighted by Crippen LogP contribution is -2.33. The molecule has 2 aromatic rings. The molecule has 1 amide bonds. The number of thiocarbonyl (C=S) groups is 1. The Morgan fingerprint density at radius 3 is 3.00 bits per heavy atom. The number of nitrogens with zero attached hydrogens (tertiary/aromatic N) is 2. The lowest BCUT2D eigenvalue weighted by Gasteiger charge is -2.04. The smallest absolute Gasteiger partial charge is 0.293 e. The third-order valence-electron chi connectivity index (χ3n) is 1.96. The molecule has 18 heavy (non-hydrogen) atoms. The maximum atomic E-state index is 11.6. The first-order valence-electron chi connectivity index (χ1n) is 5.17. The molecule has 2 rings (SSSR count). The van der Waals surface area contributed by atoms with Crippen LogP contribution in [-0.4, -0.2) is 21.2 Å². The Morgan fingerprint density at radius 1 is 1.56 bits per heavy atom. The van der Waals surface area contributed by atoms with Crippen molar-refractivity contribution in [3.8, 4) is 0 Å². The van der Waals surface area contributed by atoms with E-state index in [0.29, 0.717) is 5.13 Å². The predicted octanol–water partition coefficient (Wildman–Crippen LogP) is 1.82. The zero-order chi connectivity index (χ0) is 13.0. The van der Waals surface area contributed by atoms with Crippen molar-refractivity contribution < 1.29 is 9.21 Å². The van der Waals surface area contributed by atoms with Crippen LogP contribution in [0.25, 0.3) is 0 Å². The zero-order valence-electron chi connectivity index (χ0n) is 9.47. The first kappa shape index (κ1) is 12.7. The molecule has 2 aromatic heterocycles. The molecular weight excluding hydrogens is 272 g/mol. The number of carbonyl (C=O) groups excluding carboxylic acids is 1. The number of hydrogen-bond donors (Lipinski definition) is 2. The third-order valence-corrected chi connectivity index (χ3v) is 3.15. The lowest BCUT2D eigenvalue weighted by atomic mass is 10.4. The minimum absolute atomic E-state index is 0.162. The molecule has 0 aliphatic carbocycles. The number of furan rings is 1. The second kappa shape index (κ2) is 5.69. The molecule has 0 bridgehead atoms. The van der Waals surface area contributed by atoms with E-state index in [9.17, 15) is 4.79 Å². The molecule has 2 heterocycles. The van der Waals surface area contributed by atoms with E-state index in [4.69, 9.17) is 16.6 Å². The molecule has 0 saturated heterocycles. The van der Waals surface area contributed by atoms with E-state index in [1.54, 1.807) is 12.1 Å². The summed E-state index contributed by atoms with van der Waals surface area (Å²) in [4.78, 5) is 11.6. The highest BCUT2D eigenvalue weighted by Crippen LogP contribution is 2.15. The van der Waals surface area contributed by atoms with Crippen molar-refractivity contribution in [2.24, 2.45) is 0 Å². The van der Waals surface area contributed by atoms with Crippen LogP contribution in [0.5, 0.6) is 0 Å². The number of amides is 1. The molecule has 0 atom stereocenters. The molecule has 0 fully saturated rings. The Morgan fingerprint density at radius 2 is 2.39 bits per heavy atom. The topological polar surface area (TPSA) is 80.0 Å². The highest BCUT2D eigenvalue weighted by molar-refractivity contribution is 7.80. The van der Waals surface area contributed by atoms with Gasteiger partial charge in [0.1, 0.15) is 5.01 Å². The van der Waals surface area contributed by atoms with Gasteiger partial charge in [-0.1, -0.05) is 18.3 Å². The standard InChI is InChI=1S/C10H10N4O2S2/c1-2-7-13-14-10(18-7)12-9(17)11-8(15)6-4-3-5-16-6/h3-5H,2H2,1H3,(H2,11,12,14,15,17). The molecule has 6 nitrogen and oxygen atoms in total. The van der Waals surface area contributed by atoms with Crippen LogP contribution in [0.3, 0.4) is 0 Å². The Labute approximate surface area is 112 Å². The average Bonchev–Trinajstić information content (AvgIpc) is 2.98. The number of aromatic nitrogens is 2. The fraction of sp³-hybridized carbons (Fsp3) is 0.200. The average molecular weight is 282 g/mol. The van der Waals surface area contributed by atoms with Gasteiger partial charge in [0, 0.05) is 0 Å². The summed E-state index contributed by atoms with van der Waals surface area (Å²) >= 11 is 6.38. The van der Waals surface area contributed by atoms with E-state index in [0.717, 1.165) is 11.4 Å². The monoisotopic (exact) mass is 282 g/mol. The summed E-state index contributed by atoms with van der Waals surface area (Å²) < 4.78 is 4.94. The van der Waals surface area contributed by atoms with Crippen LogP contribution in [-0.2, 0) is 6.42 Å². The Kier molecular flexibility index (Phi) is 4.00. The first-order chi connectivity index (χ1) is 8.69. The van der Waals surface area contributed by atoms with Gasteiger partial charge in [-0.05, 0) is 30.8 Å². The SMILES string of the molecule is CCc1nnc(NC(=S)NC(=O)c2ccco2)s1. The van der Waals surface area contributed by atoms with Gasteiger partial charge in [-0.3, -0.25) is 10.1 Å². The summed E-state index contributed by atoms with van der Waals surface area (Å²) in [5.41, 5.74) is 0. The maximum Gasteiger partial charge on any atom is 0.293 e. The van der Waals surface area contributed by atoms with Crippen LogP contribution in [0.4, 0.5) is 5.13 Å². The Hall–Kier alpha value is -1.80. The summed E-state index contributed by atoms with van der Waals surface area (Å²) in [5.74, 6) is -0.205. The Bertz CT molecular complexity index is 550. The molecule has 0 aromatic carbocycles. The fourth-order valence-electron chi connectivity index (χ4n) is 1.15. The summed E-state index contributed by atoms with van der Waals surface area (Å²) in [6, 6.07) is 3.18. The van der Waals surface area contributed by atoms with Gasteiger partial charge in [0.05, 0.1) is 6.26 Å². The number of carbonyl (C=O) groups is 1. The van der Waals surface area contributed by atoms with Crippen LogP contribution in [0.1, 0.15) is 22.5 Å². The van der Waals surface area contributed by atoms with E-state index in [2.05, 4.69) is 20.8 Å². The first-order valence-corrected chi connectivity index (χ1v) is 6.39. The third kappa shape index (κ3) is 3.11. The van der Waals surface area contributed by atoms with Crippen LogP contribution in [0.2, 0.25) is 0 Å². The summed E-state index contributed by atoms with van der Waals surface area (Å²) in [6.45, 7) is 1.99. The highest BCUT2D eigenvalue weighted by Gasteiger charge is 2.11. The number of aryl methyl sites for hydroxylation is 1. The van der Waals surface area contributed by atoms with Crippen molar-refractivity contribution in [2.45, 2.75) is 13.3 Å². The summed E-state index contributed by atoms with van der Waals surface area (Å²) in [7, 11) is 0. The molecule has 0 aliphatic heterocycles. The number of rotatable bonds is 3. The van der Waals surface area contributed by atoms with E-state index in [1.807, 2.05) is 6.92 Å². The van der Waals surface area contributed by atoms with Crippen molar-refractivity contribution in [3.63, 3.8) is 0 Å². The molecule has 0 unspecified atom stereocenters. The van der Waals surface area contributed by atoms with E-state index in [1.165, 1.54) is 17.6 Å². The van der Waals surface area contributed by atoms with Gasteiger partial charge in [-0.15, -0.1) is 10.2 Å². The van der Waals surface area contributed by atoms with Crippen molar-refractivity contribution >= 4 is 39.7 Å². The summed E-state index contributed by atoms with van der Waals surface area (Å²) in [5, 5.41) is 14.7. The number of nitrogens with one attached hydrogen (secondary N) is 2. The molecule has 0 spiro atoms. The van der Waals surface area contributed by atoms with Crippen LogP contribution >= 0.6 is 23.6 Å². The second-order valence-corrected chi connectivity index (χ2v) is 4.71. The number of hydrogen-bond acceptors (Lipinski definition) is 6. The minimum atomic E-state index is -0.405. The van der Waals surface area contributed by atoms with Crippen molar-refractivity contribution in [1.29, 1.82) is 0 Å². The van der Waals surface area contributed by atoms with Crippen LogP contribution in [0.15, 0.2) is 22.8 Å². The van der Waals surface area contributed by atoms with Crippen molar-refractivity contribution in [1.82, 2.24) is 15.5 Å². The van der Waals surface area contributed by atoms with E-state index < -0.39 is 5.91 Å². The minimum Gasteiger partial charge on any atom is -0.459 e. The molecule has 8 heteroatoms. The van der Waals surface area contributed by atoms with Crippen LogP contribution in [0, 0.1) is 0 Å². The van der Waals surface area contributed by atoms with Gasteiger partial charge >= 0.3 is 0 Å².